The second-order valence-electron chi connectivity index (χ2n) is 4.88. The highest BCUT2D eigenvalue weighted by Crippen LogP contribution is 2.20. The maximum absolute atomic E-state index is 12.1. The third-order valence-electron chi connectivity index (χ3n) is 3.34. The number of amides is 1. The normalized spacial score (nSPS) is 10.5. The van der Waals surface area contributed by atoms with Gasteiger partial charge in [-0.15, -0.1) is 0 Å². The molecule has 1 N–H and O–H groups in total. The van der Waals surface area contributed by atoms with E-state index in [4.69, 9.17) is 11.6 Å². The first-order valence-electron chi connectivity index (χ1n) is 6.74. The molecule has 0 atom stereocenters. The van der Waals surface area contributed by atoms with Crippen LogP contribution in [0.4, 0.5) is 5.69 Å². The van der Waals surface area contributed by atoms with E-state index < -0.39 is 0 Å². The standard InChI is InChI=1S/C18H14ClNO/c19-17-8-4-3-7-15(17)12-18(21)20-16-10-9-13-5-1-2-6-14(13)11-16/h1-11H,12H2,(H,20,21). The Kier molecular flexibility index (Phi) is 3.89. The van der Waals surface area contributed by atoms with Crippen LogP contribution < -0.4 is 5.32 Å². The molecule has 0 fully saturated rings. The first-order chi connectivity index (χ1) is 10.2. The van der Waals surface area contributed by atoms with Crippen molar-refractivity contribution in [3.63, 3.8) is 0 Å². The molecule has 0 spiro atoms. The van der Waals surface area contributed by atoms with Crippen LogP contribution in [0.2, 0.25) is 5.02 Å². The molecule has 3 aromatic carbocycles. The Morgan fingerprint density at radius 3 is 2.43 bits per heavy atom. The Hall–Kier alpha value is -2.32. The van der Waals surface area contributed by atoms with Crippen LogP contribution in [0.5, 0.6) is 0 Å². The predicted octanol–water partition coefficient (Wildman–Crippen LogP) is 4.67. The average Bonchev–Trinajstić information content (AvgIpc) is 2.49. The fraction of sp³-hybridized carbons (Fsp3) is 0.0556. The van der Waals surface area contributed by atoms with Crippen molar-refractivity contribution in [1.82, 2.24) is 0 Å². The lowest BCUT2D eigenvalue weighted by atomic mass is 10.1. The van der Waals surface area contributed by atoms with E-state index in [0.29, 0.717) is 5.02 Å². The molecule has 0 radical (unpaired) electrons. The summed E-state index contributed by atoms with van der Waals surface area (Å²) >= 11 is 6.07. The molecule has 0 heterocycles. The minimum absolute atomic E-state index is 0.0709. The minimum atomic E-state index is -0.0709. The van der Waals surface area contributed by atoms with Crippen molar-refractivity contribution in [1.29, 1.82) is 0 Å². The van der Waals surface area contributed by atoms with E-state index in [1.165, 1.54) is 0 Å². The van der Waals surface area contributed by atoms with Gasteiger partial charge in [0.2, 0.25) is 5.91 Å². The van der Waals surface area contributed by atoms with E-state index in [1.807, 2.05) is 60.7 Å². The number of carbonyl (C=O) groups is 1. The zero-order chi connectivity index (χ0) is 14.7. The molecule has 0 unspecified atom stereocenters. The lowest BCUT2D eigenvalue weighted by molar-refractivity contribution is -0.115. The van der Waals surface area contributed by atoms with Crippen molar-refractivity contribution in [2.24, 2.45) is 0 Å². The Bertz CT molecular complexity index is 798. The van der Waals surface area contributed by atoms with Gasteiger partial charge in [-0.2, -0.15) is 0 Å². The van der Waals surface area contributed by atoms with E-state index in [9.17, 15) is 4.79 Å². The summed E-state index contributed by atoms with van der Waals surface area (Å²) < 4.78 is 0. The van der Waals surface area contributed by atoms with Gasteiger partial charge in [-0.25, -0.2) is 0 Å². The van der Waals surface area contributed by atoms with Gasteiger partial charge in [-0.3, -0.25) is 4.79 Å². The zero-order valence-corrected chi connectivity index (χ0v) is 12.1. The summed E-state index contributed by atoms with van der Waals surface area (Å²) in [6.45, 7) is 0. The largest absolute Gasteiger partial charge is 0.326 e. The second-order valence-corrected chi connectivity index (χ2v) is 5.29. The second kappa shape index (κ2) is 5.98. The van der Waals surface area contributed by atoms with E-state index in [2.05, 4.69) is 5.32 Å². The molecule has 21 heavy (non-hydrogen) atoms. The highest BCUT2D eigenvalue weighted by atomic mass is 35.5. The average molecular weight is 296 g/mol. The molecule has 1 amide bonds. The molecule has 0 aliphatic heterocycles. The van der Waals surface area contributed by atoms with Gasteiger partial charge in [0.15, 0.2) is 0 Å². The number of hydrogen-bond donors (Lipinski definition) is 1. The van der Waals surface area contributed by atoms with E-state index in [1.54, 1.807) is 6.07 Å². The van der Waals surface area contributed by atoms with Crippen LogP contribution in [-0.4, -0.2) is 5.91 Å². The Morgan fingerprint density at radius 1 is 0.905 bits per heavy atom. The number of rotatable bonds is 3. The van der Waals surface area contributed by atoms with Gasteiger partial charge < -0.3 is 5.32 Å². The van der Waals surface area contributed by atoms with Crippen LogP contribution in [0.25, 0.3) is 10.8 Å². The number of benzene rings is 3. The number of fused-ring (bicyclic) bond motifs is 1. The first-order valence-corrected chi connectivity index (χ1v) is 7.12. The lowest BCUT2D eigenvalue weighted by Crippen LogP contribution is -2.14. The maximum Gasteiger partial charge on any atom is 0.228 e. The molecule has 0 aromatic heterocycles. The molecular weight excluding hydrogens is 282 g/mol. The molecule has 3 rings (SSSR count). The molecule has 0 saturated heterocycles. The van der Waals surface area contributed by atoms with Gasteiger partial charge in [-0.05, 0) is 34.5 Å². The molecule has 3 aromatic rings. The molecule has 0 aliphatic carbocycles. The summed E-state index contributed by atoms with van der Waals surface area (Å²) in [4.78, 5) is 12.1. The van der Waals surface area contributed by atoms with Crippen LogP contribution in [0.15, 0.2) is 66.7 Å². The highest BCUT2D eigenvalue weighted by molar-refractivity contribution is 6.31. The lowest BCUT2D eigenvalue weighted by Gasteiger charge is -2.07. The summed E-state index contributed by atoms with van der Waals surface area (Å²) in [6, 6.07) is 21.3. The quantitative estimate of drug-likeness (QED) is 0.747. The van der Waals surface area contributed by atoms with Gasteiger partial charge in [0.05, 0.1) is 6.42 Å². The van der Waals surface area contributed by atoms with Crippen molar-refractivity contribution in [2.75, 3.05) is 5.32 Å². The third-order valence-corrected chi connectivity index (χ3v) is 3.71. The van der Waals surface area contributed by atoms with Crippen molar-refractivity contribution in [2.45, 2.75) is 6.42 Å². The van der Waals surface area contributed by atoms with Crippen LogP contribution >= 0.6 is 11.6 Å². The molecule has 0 aliphatic rings. The van der Waals surface area contributed by atoms with Crippen molar-refractivity contribution in [3.05, 3.63) is 77.3 Å². The highest BCUT2D eigenvalue weighted by Gasteiger charge is 2.07. The van der Waals surface area contributed by atoms with Crippen LogP contribution in [-0.2, 0) is 11.2 Å². The number of anilines is 1. The van der Waals surface area contributed by atoms with E-state index in [0.717, 1.165) is 22.0 Å². The third kappa shape index (κ3) is 3.23. The summed E-state index contributed by atoms with van der Waals surface area (Å²) in [5.41, 5.74) is 1.63. The van der Waals surface area contributed by atoms with E-state index >= 15 is 0 Å². The Morgan fingerprint density at radius 2 is 1.62 bits per heavy atom. The summed E-state index contributed by atoms with van der Waals surface area (Å²) in [5, 5.41) is 5.79. The number of hydrogen-bond acceptors (Lipinski definition) is 1. The molecule has 104 valence electrons. The van der Waals surface area contributed by atoms with Crippen molar-refractivity contribution >= 4 is 34.0 Å². The SMILES string of the molecule is O=C(Cc1ccccc1Cl)Nc1ccc2ccccc2c1. The Labute approximate surface area is 128 Å². The molecular formula is C18H14ClNO. The summed E-state index contributed by atoms with van der Waals surface area (Å²) in [5.74, 6) is -0.0709. The number of carbonyl (C=O) groups excluding carboxylic acids is 1. The topological polar surface area (TPSA) is 29.1 Å². The summed E-state index contributed by atoms with van der Waals surface area (Å²) in [6.07, 6.45) is 0.270. The first kappa shape index (κ1) is 13.7. The monoisotopic (exact) mass is 295 g/mol. The van der Waals surface area contributed by atoms with Gasteiger partial charge in [0.1, 0.15) is 0 Å². The van der Waals surface area contributed by atoms with Gasteiger partial charge in [0, 0.05) is 10.7 Å². The van der Waals surface area contributed by atoms with Crippen molar-refractivity contribution in [3.8, 4) is 0 Å². The molecule has 0 saturated carbocycles. The predicted molar refractivity (Wildman–Crippen MR) is 87.7 cm³/mol. The maximum atomic E-state index is 12.1. The molecule has 0 bridgehead atoms. The molecule has 2 nitrogen and oxygen atoms in total. The zero-order valence-electron chi connectivity index (χ0n) is 11.3. The molecule has 3 heteroatoms. The summed E-state index contributed by atoms with van der Waals surface area (Å²) in [7, 11) is 0. The Balaban J connectivity index is 1.75. The van der Waals surface area contributed by atoms with Gasteiger partial charge in [0.25, 0.3) is 0 Å². The van der Waals surface area contributed by atoms with Crippen LogP contribution in [0.3, 0.4) is 0 Å². The fourth-order valence-corrected chi connectivity index (χ4v) is 2.49. The van der Waals surface area contributed by atoms with Gasteiger partial charge in [-0.1, -0.05) is 60.1 Å². The number of halogens is 1. The van der Waals surface area contributed by atoms with Crippen LogP contribution in [0, 0.1) is 0 Å². The number of nitrogens with one attached hydrogen (secondary N) is 1. The minimum Gasteiger partial charge on any atom is -0.326 e. The van der Waals surface area contributed by atoms with E-state index in [-0.39, 0.29) is 12.3 Å². The van der Waals surface area contributed by atoms with Crippen molar-refractivity contribution < 1.29 is 4.79 Å². The smallest absolute Gasteiger partial charge is 0.228 e. The fourth-order valence-electron chi connectivity index (χ4n) is 2.29. The van der Waals surface area contributed by atoms with Gasteiger partial charge >= 0.3 is 0 Å². The van der Waals surface area contributed by atoms with Crippen LogP contribution in [0.1, 0.15) is 5.56 Å².